The largest absolute Gasteiger partial charge is 0.493 e. The molecule has 0 radical (unpaired) electrons. The average Bonchev–Trinajstić information content (AvgIpc) is 3.07. The van der Waals surface area contributed by atoms with Crippen LogP contribution in [0.1, 0.15) is 10.4 Å². The van der Waals surface area contributed by atoms with E-state index in [0.717, 1.165) is 11.3 Å². The number of hydrogen-bond donors (Lipinski definition) is 1. The molecule has 0 spiro atoms. The van der Waals surface area contributed by atoms with E-state index in [2.05, 4.69) is 10.4 Å². The zero-order chi connectivity index (χ0) is 19.4. The van der Waals surface area contributed by atoms with Gasteiger partial charge in [0.1, 0.15) is 0 Å². The highest BCUT2D eigenvalue weighted by Crippen LogP contribution is 2.38. The molecule has 7 nitrogen and oxygen atoms in total. The zero-order valence-electron chi connectivity index (χ0n) is 15.6. The molecule has 0 aliphatic heterocycles. The topological polar surface area (TPSA) is 74.6 Å². The summed E-state index contributed by atoms with van der Waals surface area (Å²) in [6, 6.07) is 13.0. The molecule has 1 heterocycles. The number of carbonyl (C=O) groups excluding carboxylic acids is 1. The van der Waals surface area contributed by atoms with Gasteiger partial charge in [-0.25, -0.2) is 0 Å². The molecule has 0 fully saturated rings. The quantitative estimate of drug-likeness (QED) is 0.723. The fraction of sp³-hybridized carbons (Fsp3) is 0.200. The molecule has 1 amide bonds. The number of aromatic nitrogens is 2. The predicted molar refractivity (Wildman–Crippen MR) is 103 cm³/mol. The van der Waals surface area contributed by atoms with Crippen LogP contribution in [0.2, 0.25) is 0 Å². The first-order valence-electron chi connectivity index (χ1n) is 8.27. The maximum atomic E-state index is 12.8. The van der Waals surface area contributed by atoms with E-state index in [1.807, 2.05) is 37.4 Å². The first-order chi connectivity index (χ1) is 13.1. The molecule has 27 heavy (non-hydrogen) atoms. The van der Waals surface area contributed by atoms with E-state index >= 15 is 0 Å². The molecule has 0 atom stereocenters. The molecule has 0 unspecified atom stereocenters. The van der Waals surface area contributed by atoms with Gasteiger partial charge in [-0.1, -0.05) is 30.3 Å². The normalized spacial score (nSPS) is 10.4. The number of benzene rings is 2. The summed E-state index contributed by atoms with van der Waals surface area (Å²) >= 11 is 0. The van der Waals surface area contributed by atoms with Crippen molar-refractivity contribution in [1.29, 1.82) is 0 Å². The van der Waals surface area contributed by atoms with Crippen LogP contribution in [0.3, 0.4) is 0 Å². The molecule has 0 saturated heterocycles. The smallest absolute Gasteiger partial charge is 0.256 e. The Morgan fingerprint density at radius 2 is 1.63 bits per heavy atom. The molecule has 0 bridgehead atoms. The number of rotatable bonds is 6. The molecule has 0 aliphatic carbocycles. The van der Waals surface area contributed by atoms with E-state index in [1.165, 1.54) is 21.3 Å². The second-order valence-electron chi connectivity index (χ2n) is 5.76. The van der Waals surface area contributed by atoms with Gasteiger partial charge in [0.15, 0.2) is 11.5 Å². The molecule has 2 aromatic carbocycles. The van der Waals surface area contributed by atoms with Crippen LogP contribution in [-0.2, 0) is 7.05 Å². The van der Waals surface area contributed by atoms with E-state index in [4.69, 9.17) is 14.2 Å². The lowest BCUT2D eigenvalue weighted by molar-refractivity contribution is 0.102. The van der Waals surface area contributed by atoms with E-state index in [1.54, 1.807) is 23.0 Å². The number of hydrogen-bond acceptors (Lipinski definition) is 5. The third kappa shape index (κ3) is 3.57. The summed E-state index contributed by atoms with van der Waals surface area (Å²) in [5.41, 5.74) is 2.77. The Morgan fingerprint density at radius 1 is 1.00 bits per heavy atom. The van der Waals surface area contributed by atoms with Crippen LogP contribution in [0.4, 0.5) is 5.69 Å². The molecule has 0 saturated carbocycles. The Kier molecular flexibility index (Phi) is 5.30. The maximum Gasteiger partial charge on any atom is 0.256 e. The highest BCUT2D eigenvalue weighted by Gasteiger charge is 2.19. The van der Waals surface area contributed by atoms with Gasteiger partial charge >= 0.3 is 0 Å². The van der Waals surface area contributed by atoms with Gasteiger partial charge in [0.25, 0.3) is 5.91 Å². The van der Waals surface area contributed by atoms with Crippen molar-refractivity contribution in [3.63, 3.8) is 0 Å². The number of methoxy groups -OCH3 is 3. The molecule has 3 aromatic rings. The van der Waals surface area contributed by atoms with Crippen LogP contribution >= 0.6 is 0 Å². The standard InChI is InChI=1S/C20H21N3O4/c1-23-18(13-8-6-5-7-9-13)15(12-21-23)22-20(24)14-10-16(25-2)19(27-4)17(11-14)26-3/h5-12H,1-4H3,(H,22,24). The summed E-state index contributed by atoms with van der Waals surface area (Å²) in [6.07, 6.45) is 1.62. The van der Waals surface area contributed by atoms with Gasteiger partial charge in [0, 0.05) is 18.2 Å². The van der Waals surface area contributed by atoms with Crippen molar-refractivity contribution >= 4 is 11.6 Å². The summed E-state index contributed by atoms with van der Waals surface area (Å²) in [5, 5.41) is 7.18. The van der Waals surface area contributed by atoms with Gasteiger partial charge in [0.05, 0.1) is 38.9 Å². The van der Waals surface area contributed by atoms with Crippen LogP contribution in [0.25, 0.3) is 11.3 Å². The maximum absolute atomic E-state index is 12.8. The molecule has 1 aromatic heterocycles. The van der Waals surface area contributed by atoms with E-state index in [9.17, 15) is 4.79 Å². The van der Waals surface area contributed by atoms with Gasteiger partial charge in [-0.3, -0.25) is 9.48 Å². The van der Waals surface area contributed by atoms with Gasteiger partial charge in [-0.15, -0.1) is 0 Å². The molecule has 3 rings (SSSR count). The Hall–Kier alpha value is -3.48. The number of nitrogens with one attached hydrogen (secondary N) is 1. The molecule has 0 aliphatic rings. The number of anilines is 1. The Labute approximate surface area is 157 Å². The second-order valence-corrected chi connectivity index (χ2v) is 5.76. The highest BCUT2D eigenvalue weighted by molar-refractivity contribution is 6.06. The molecular weight excluding hydrogens is 346 g/mol. The fourth-order valence-electron chi connectivity index (χ4n) is 2.87. The van der Waals surface area contributed by atoms with E-state index < -0.39 is 0 Å². The Morgan fingerprint density at radius 3 is 2.19 bits per heavy atom. The van der Waals surface area contributed by atoms with Crippen molar-refractivity contribution in [3.8, 4) is 28.5 Å². The van der Waals surface area contributed by atoms with Crippen LogP contribution in [0.15, 0.2) is 48.7 Å². The lowest BCUT2D eigenvalue weighted by Gasteiger charge is -2.14. The van der Waals surface area contributed by atoms with Crippen molar-refractivity contribution < 1.29 is 19.0 Å². The van der Waals surface area contributed by atoms with Crippen molar-refractivity contribution in [2.45, 2.75) is 0 Å². The minimum absolute atomic E-state index is 0.306. The van der Waals surface area contributed by atoms with E-state index in [-0.39, 0.29) is 5.91 Å². The van der Waals surface area contributed by atoms with E-state index in [0.29, 0.717) is 28.5 Å². The number of ether oxygens (including phenoxy) is 3. The summed E-state index contributed by atoms with van der Waals surface area (Å²) in [6.45, 7) is 0. The number of amides is 1. The molecule has 1 N–H and O–H groups in total. The summed E-state index contributed by atoms with van der Waals surface area (Å²) in [7, 11) is 6.36. The summed E-state index contributed by atoms with van der Waals surface area (Å²) in [4.78, 5) is 12.8. The van der Waals surface area contributed by atoms with Crippen LogP contribution in [0, 0.1) is 0 Å². The first-order valence-corrected chi connectivity index (χ1v) is 8.27. The Balaban J connectivity index is 1.96. The fourth-order valence-corrected chi connectivity index (χ4v) is 2.87. The van der Waals surface area contributed by atoms with Crippen molar-refractivity contribution in [1.82, 2.24) is 9.78 Å². The number of aryl methyl sites for hydroxylation is 1. The lowest BCUT2D eigenvalue weighted by Crippen LogP contribution is -2.13. The van der Waals surface area contributed by atoms with Crippen LogP contribution in [-0.4, -0.2) is 37.0 Å². The third-order valence-electron chi connectivity index (χ3n) is 4.16. The summed E-state index contributed by atoms with van der Waals surface area (Å²) < 4.78 is 17.6. The van der Waals surface area contributed by atoms with Crippen molar-refractivity contribution in [2.24, 2.45) is 7.05 Å². The molecule has 7 heteroatoms. The predicted octanol–water partition coefficient (Wildman–Crippen LogP) is 3.37. The van der Waals surface area contributed by atoms with Gasteiger partial charge in [-0.05, 0) is 12.1 Å². The van der Waals surface area contributed by atoms with Crippen LogP contribution in [0.5, 0.6) is 17.2 Å². The second kappa shape index (κ2) is 7.82. The van der Waals surface area contributed by atoms with Crippen molar-refractivity contribution in [3.05, 3.63) is 54.2 Å². The summed E-state index contributed by atoms with van der Waals surface area (Å²) in [5.74, 6) is 0.954. The van der Waals surface area contributed by atoms with Crippen molar-refractivity contribution in [2.75, 3.05) is 26.6 Å². The minimum atomic E-state index is -0.306. The first kappa shape index (κ1) is 18.3. The monoisotopic (exact) mass is 367 g/mol. The van der Waals surface area contributed by atoms with Crippen LogP contribution < -0.4 is 19.5 Å². The third-order valence-corrected chi connectivity index (χ3v) is 4.16. The van der Waals surface area contributed by atoms with Gasteiger partial charge < -0.3 is 19.5 Å². The lowest BCUT2D eigenvalue weighted by atomic mass is 10.1. The van der Waals surface area contributed by atoms with Gasteiger partial charge in [-0.2, -0.15) is 5.10 Å². The number of nitrogens with zero attached hydrogens (tertiary/aromatic N) is 2. The molecule has 140 valence electrons. The van der Waals surface area contributed by atoms with Gasteiger partial charge in [0.2, 0.25) is 5.75 Å². The average molecular weight is 367 g/mol. The SMILES string of the molecule is COc1cc(C(=O)Nc2cnn(C)c2-c2ccccc2)cc(OC)c1OC. The number of carbonyl (C=O) groups is 1. The highest BCUT2D eigenvalue weighted by atomic mass is 16.5. The minimum Gasteiger partial charge on any atom is -0.493 e. The Bertz CT molecular complexity index is 926. The zero-order valence-corrected chi connectivity index (χ0v) is 15.6. The molecular formula is C20H21N3O4.